The third-order valence-corrected chi connectivity index (χ3v) is 8.31. The average Bonchev–Trinajstić information content (AvgIpc) is 3.01. The van der Waals surface area contributed by atoms with Crippen LogP contribution < -0.4 is 23.7 Å². The van der Waals surface area contributed by atoms with E-state index in [1.807, 2.05) is 6.07 Å². The number of hydrogen-bond acceptors (Lipinski definition) is 7. The van der Waals surface area contributed by atoms with Gasteiger partial charge in [-0.25, -0.2) is 0 Å². The molecule has 41 heavy (non-hydrogen) atoms. The van der Waals surface area contributed by atoms with Crippen molar-refractivity contribution in [2.75, 3.05) is 74.8 Å². The van der Waals surface area contributed by atoms with E-state index in [1.165, 1.54) is 16.5 Å². The molecule has 4 aromatic rings. The summed E-state index contributed by atoms with van der Waals surface area (Å²) in [5.41, 5.74) is 3.76. The first-order valence-corrected chi connectivity index (χ1v) is 14.3. The number of benzene rings is 4. The molecule has 0 amide bonds. The molecule has 1 aliphatic heterocycles. The molecule has 0 spiro atoms. The van der Waals surface area contributed by atoms with Gasteiger partial charge in [0, 0.05) is 50.0 Å². The predicted molar refractivity (Wildman–Crippen MR) is 166 cm³/mol. The maximum absolute atomic E-state index is 5.68. The van der Waals surface area contributed by atoms with Crippen molar-refractivity contribution in [1.82, 2.24) is 9.80 Å². The molecule has 0 unspecified atom stereocenters. The van der Waals surface area contributed by atoms with Crippen LogP contribution in [0.5, 0.6) is 28.7 Å². The molecule has 218 valence electrons. The smallest absolute Gasteiger partial charge is 0.203 e. The van der Waals surface area contributed by atoms with Crippen LogP contribution in [0.3, 0.4) is 0 Å². The number of piperazine rings is 1. The van der Waals surface area contributed by atoms with Gasteiger partial charge in [-0.15, -0.1) is 0 Å². The third-order valence-electron chi connectivity index (χ3n) is 8.31. The van der Waals surface area contributed by atoms with Crippen LogP contribution in [0.15, 0.2) is 48.5 Å². The molecule has 4 aromatic carbocycles. The molecule has 1 fully saturated rings. The first kappa shape index (κ1) is 28.8. The van der Waals surface area contributed by atoms with Crippen molar-refractivity contribution < 1.29 is 23.7 Å². The predicted octanol–water partition coefficient (Wildman–Crippen LogP) is 5.75. The number of aryl methyl sites for hydroxylation is 1. The summed E-state index contributed by atoms with van der Waals surface area (Å²) >= 11 is 0. The van der Waals surface area contributed by atoms with Gasteiger partial charge in [-0.3, -0.25) is 0 Å². The van der Waals surface area contributed by atoms with Gasteiger partial charge < -0.3 is 33.5 Å². The Morgan fingerprint density at radius 1 is 0.537 bits per heavy atom. The van der Waals surface area contributed by atoms with E-state index < -0.39 is 0 Å². The molecule has 0 saturated carbocycles. The lowest BCUT2D eigenvalue weighted by atomic mass is 10.0. The van der Waals surface area contributed by atoms with Crippen LogP contribution in [0, 0.1) is 6.92 Å². The maximum Gasteiger partial charge on any atom is 0.203 e. The van der Waals surface area contributed by atoms with E-state index >= 15 is 0 Å². The Morgan fingerprint density at radius 3 is 1.46 bits per heavy atom. The summed E-state index contributed by atoms with van der Waals surface area (Å²) in [6, 6.07) is 17.5. The highest BCUT2D eigenvalue weighted by atomic mass is 16.5. The summed E-state index contributed by atoms with van der Waals surface area (Å²) in [7, 11) is 8.37. The molecule has 0 N–H and O–H groups in total. The zero-order valence-electron chi connectivity index (χ0n) is 25.2. The van der Waals surface area contributed by atoms with Gasteiger partial charge in [-0.2, -0.15) is 0 Å². The normalized spacial score (nSPS) is 14.4. The average molecular weight is 559 g/mol. The molecule has 5 rings (SSSR count). The Kier molecular flexibility index (Phi) is 9.06. The summed E-state index contributed by atoms with van der Waals surface area (Å²) in [6.07, 6.45) is 2.05. The van der Waals surface area contributed by atoms with Crippen molar-refractivity contribution in [3.05, 3.63) is 65.2 Å². The second-order valence-corrected chi connectivity index (χ2v) is 10.7. The molecular weight excluding hydrogens is 516 g/mol. The van der Waals surface area contributed by atoms with Crippen molar-refractivity contribution >= 4 is 21.5 Å². The van der Waals surface area contributed by atoms with Crippen molar-refractivity contribution in [1.29, 1.82) is 0 Å². The quantitative estimate of drug-likeness (QED) is 0.232. The molecule has 7 nitrogen and oxygen atoms in total. The van der Waals surface area contributed by atoms with Crippen LogP contribution in [-0.4, -0.2) is 84.6 Å². The topological polar surface area (TPSA) is 52.6 Å². The van der Waals surface area contributed by atoms with Crippen molar-refractivity contribution in [3.8, 4) is 28.7 Å². The van der Waals surface area contributed by atoms with Crippen molar-refractivity contribution in [3.63, 3.8) is 0 Å². The van der Waals surface area contributed by atoms with Crippen molar-refractivity contribution in [2.45, 2.75) is 19.8 Å². The lowest BCUT2D eigenvalue weighted by Gasteiger charge is -2.34. The van der Waals surface area contributed by atoms with Crippen LogP contribution in [0.2, 0.25) is 0 Å². The number of ether oxygens (including phenoxy) is 5. The summed E-state index contributed by atoms with van der Waals surface area (Å²) in [4.78, 5) is 5.16. The third kappa shape index (κ3) is 6.02. The van der Waals surface area contributed by atoms with Crippen LogP contribution in [0.25, 0.3) is 21.5 Å². The summed E-state index contributed by atoms with van der Waals surface area (Å²) < 4.78 is 28.0. The van der Waals surface area contributed by atoms with Crippen molar-refractivity contribution in [2.24, 2.45) is 0 Å². The number of hydrogen-bond donors (Lipinski definition) is 0. The van der Waals surface area contributed by atoms with E-state index in [0.717, 1.165) is 85.3 Å². The van der Waals surface area contributed by atoms with E-state index in [4.69, 9.17) is 23.7 Å². The minimum Gasteiger partial charge on any atom is -0.493 e. The SMILES string of the molecule is COc1cc2cc(CCN3CCN(CCc4ccc5c(OC)c(OC)c(C)cc5c4)CC3)ccc2c(OC)c1OC. The van der Waals surface area contributed by atoms with Gasteiger partial charge in [0.1, 0.15) is 0 Å². The van der Waals surface area contributed by atoms with Crippen LogP contribution in [0.4, 0.5) is 0 Å². The Balaban J connectivity index is 1.15. The minimum atomic E-state index is 0.629. The highest BCUT2D eigenvalue weighted by Gasteiger charge is 2.19. The fourth-order valence-electron chi connectivity index (χ4n) is 6.04. The first-order valence-electron chi connectivity index (χ1n) is 14.3. The second kappa shape index (κ2) is 12.9. The Hall–Kier alpha value is -3.68. The molecular formula is C34H42N2O5. The highest BCUT2D eigenvalue weighted by molar-refractivity contribution is 5.94. The number of fused-ring (bicyclic) bond motifs is 2. The minimum absolute atomic E-state index is 0.629. The van der Waals surface area contributed by atoms with Gasteiger partial charge in [0.2, 0.25) is 5.75 Å². The van der Waals surface area contributed by atoms with E-state index in [1.54, 1.807) is 35.5 Å². The lowest BCUT2D eigenvalue weighted by Crippen LogP contribution is -2.47. The second-order valence-electron chi connectivity index (χ2n) is 10.7. The van der Waals surface area contributed by atoms with Crippen LogP contribution in [-0.2, 0) is 12.8 Å². The van der Waals surface area contributed by atoms with E-state index in [2.05, 4.69) is 59.2 Å². The monoisotopic (exact) mass is 558 g/mol. The molecule has 0 radical (unpaired) electrons. The standard InChI is InChI=1S/C34H42N2O5/c1-23-19-26-20-24(7-9-28(26)32(39-4)31(23)38-3)11-13-35-15-17-36(18-16-35)14-12-25-8-10-29-27(21-25)22-30(37-2)34(41-6)33(29)40-5/h7-10,19-22H,11-18H2,1-6H3. The zero-order chi connectivity index (χ0) is 28.9. The first-order chi connectivity index (χ1) is 20.0. The zero-order valence-corrected chi connectivity index (χ0v) is 25.2. The van der Waals surface area contributed by atoms with E-state index in [9.17, 15) is 0 Å². The molecule has 0 aliphatic carbocycles. The van der Waals surface area contributed by atoms with Crippen LogP contribution in [0.1, 0.15) is 16.7 Å². The number of rotatable bonds is 11. The molecule has 1 heterocycles. The van der Waals surface area contributed by atoms with Gasteiger partial charge in [-0.1, -0.05) is 36.4 Å². The Morgan fingerprint density at radius 2 is 1.00 bits per heavy atom. The van der Waals surface area contributed by atoms with Gasteiger partial charge in [0.15, 0.2) is 23.0 Å². The molecule has 0 aromatic heterocycles. The fraction of sp³-hybridized carbons (Fsp3) is 0.412. The number of methoxy groups -OCH3 is 5. The molecule has 0 atom stereocenters. The van der Waals surface area contributed by atoms with Gasteiger partial charge in [0.25, 0.3) is 0 Å². The molecule has 0 bridgehead atoms. The van der Waals surface area contributed by atoms with Gasteiger partial charge in [0.05, 0.1) is 35.5 Å². The number of nitrogens with zero attached hydrogens (tertiary/aromatic N) is 2. The lowest BCUT2D eigenvalue weighted by molar-refractivity contribution is 0.134. The Labute approximate surface area is 243 Å². The Bertz CT molecular complexity index is 1510. The summed E-state index contributed by atoms with van der Waals surface area (Å²) in [6.45, 7) is 8.59. The van der Waals surface area contributed by atoms with E-state index in [0.29, 0.717) is 17.2 Å². The molecule has 7 heteroatoms. The summed E-state index contributed by atoms with van der Waals surface area (Å²) in [5, 5.41) is 4.43. The summed E-state index contributed by atoms with van der Waals surface area (Å²) in [5.74, 6) is 3.65. The van der Waals surface area contributed by atoms with Gasteiger partial charge in [-0.05, 0) is 59.4 Å². The fourth-order valence-corrected chi connectivity index (χ4v) is 6.04. The van der Waals surface area contributed by atoms with Crippen LogP contribution >= 0.6 is 0 Å². The molecule has 1 aliphatic rings. The molecule has 1 saturated heterocycles. The van der Waals surface area contributed by atoms with Gasteiger partial charge >= 0.3 is 0 Å². The highest BCUT2D eigenvalue weighted by Crippen LogP contribution is 2.43. The largest absolute Gasteiger partial charge is 0.493 e. The van der Waals surface area contributed by atoms with E-state index in [-0.39, 0.29) is 0 Å². The maximum atomic E-state index is 5.68.